The molecule has 0 unspecified atom stereocenters. The predicted molar refractivity (Wildman–Crippen MR) is 139 cm³/mol. The number of hydrogen-bond acceptors (Lipinski definition) is 4. The summed E-state index contributed by atoms with van der Waals surface area (Å²) in [4.78, 5) is 32.1. The van der Waals surface area contributed by atoms with Gasteiger partial charge in [-0.15, -0.1) is 0 Å². The van der Waals surface area contributed by atoms with Gasteiger partial charge in [0.25, 0.3) is 0 Å². The molecule has 2 fully saturated rings. The number of carbonyl (C=O) groups is 2. The van der Waals surface area contributed by atoms with E-state index in [4.69, 9.17) is 4.98 Å². The summed E-state index contributed by atoms with van der Waals surface area (Å²) in [5, 5.41) is 7.13. The number of aromatic nitrogens is 1. The van der Waals surface area contributed by atoms with Gasteiger partial charge in [0.2, 0.25) is 11.8 Å². The number of carbonyl (C=O) groups excluding carboxylic acids is 2. The Morgan fingerprint density at radius 3 is 2.35 bits per heavy atom. The van der Waals surface area contributed by atoms with Gasteiger partial charge >= 0.3 is 0 Å². The molecule has 2 aromatic rings. The van der Waals surface area contributed by atoms with Crippen molar-refractivity contribution in [2.75, 3.05) is 23.3 Å². The molecule has 1 aromatic carbocycles. The second-order valence-corrected chi connectivity index (χ2v) is 10.7. The fraction of sp³-hybridized carbons (Fsp3) is 0.607. The van der Waals surface area contributed by atoms with E-state index in [0.29, 0.717) is 11.8 Å². The number of piperidine rings is 1. The van der Waals surface area contributed by atoms with Gasteiger partial charge in [0.05, 0.1) is 5.52 Å². The minimum atomic E-state index is -0.131. The van der Waals surface area contributed by atoms with Crippen LogP contribution in [0.5, 0.6) is 0 Å². The van der Waals surface area contributed by atoms with Crippen LogP contribution in [-0.2, 0) is 9.59 Å². The molecule has 1 saturated carbocycles. The Morgan fingerprint density at radius 2 is 1.65 bits per heavy atom. The number of pyridine rings is 1. The van der Waals surface area contributed by atoms with E-state index in [1.807, 2.05) is 18.2 Å². The number of anilines is 2. The highest BCUT2D eigenvalue weighted by Gasteiger charge is 2.23. The van der Waals surface area contributed by atoms with Crippen molar-refractivity contribution in [1.29, 1.82) is 0 Å². The van der Waals surface area contributed by atoms with Crippen LogP contribution < -0.4 is 15.5 Å². The van der Waals surface area contributed by atoms with E-state index in [2.05, 4.69) is 42.4 Å². The fourth-order valence-corrected chi connectivity index (χ4v) is 5.64. The molecule has 1 aromatic heterocycles. The number of amides is 2. The Hall–Kier alpha value is -2.63. The number of nitrogens with zero attached hydrogens (tertiary/aromatic N) is 2. The van der Waals surface area contributed by atoms with Crippen molar-refractivity contribution in [3.05, 3.63) is 29.8 Å². The van der Waals surface area contributed by atoms with Crippen molar-refractivity contribution in [3.63, 3.8) is 0 Å². The van der Waals surface area contributed by atoms with Crippen LogP contribution in [0, 0.1) is 18.8 Å². The lowest BCUT2D eigenvalue weighted by Crippen LogP contribution is -2.39. The van der Waals surface area contributed by atoms with Crippen molar-refractivity contribution in [2.24, 2.45) is 11.8 Å². The quantitative estimate of drug-likeness (QED) is 0.547. The van der Waals surface area contributed by atoms with Gasteiger partial charge in [-0.1, -0.05) is 39.5 Å². The van der Waals surface area contributed by atoms with Crippen molar-refractivity contribution >= 4 is 34.2 Å². The zero-order chi connectivity index (χ0) is 24.1. The smallest absolute Gasteiger partial charge is 0.224 e. The van der Waals surface area contributed by atoms with E-state index in [0.717, 1.165) is 53.9 Å². The maximum Gasteiger partial charge on any atom is 0.224 e. The van der Waals surface area contributed by atoms with Crippen LogP contribution >= 0.6 is 0 Å². The zero-order valence-electron chi connectivity index (χ0n) is 21.0. The zero-order valence-corrected chi connectivity index (χ0v) is 21.0. The van der Waals surface area contributed by atoms with E-state index in [-0.39, 0.29) is 30.7 Å². The molecule has 1 aliphatic heterocycles. The average molecular weight is 465 g/mol. The summed E-state index contributed by atoms with van der Waals surface area (Å²) in [7, 11) is 0. The molecule has 0 radical (unpaired) electrons. The molecule has 184 valence electrons. The van der Waals surface area contributed by atoms with Crippen LogP contribution in [0.2, 0.25) is 0 Å². The second-order valence-electron chi connectivity index (χ2n) is 10.7. The summed E-state index contributed by atoms with van der Waals surface area (Å²) in [5.41, 5.74) is 2.85. The second kappa shape index (κ2) is 11.2. The molecule has 4 rings (SSSR count). The SMILES string of the molecule is Cc1cc(N2C[C@@H](C)C[C@H](C)C2)nc2ccc(NC(=O)CCC(=O)NC3CCCCCC3)cc12. The van der Waals surface area contributed by atoms with Gasteiger partial charge in [0.1, 0.15) is 5.82 Å². The number of benzene rings is 1. The number of aryl methyl sites for hydroxylation is 1. The van der Waals surface area contributed by atoms with E-state index in [1.54, 1.807) is 0 Å². The molecule has 2 amide bonds. The monoisotopic (exact) mass is 464 g/mol. The Bertz CT molecular complexity index is 1000. The summed E-state index contributed by atoms with van der Waals surface area (Å²) in [6.07, 6.45) is 8.68. The molecule has 2 N–H and O–H groups in total. The third kappa shape index (κ3) is 6.49. The van der Waals surface area contributed by atoms with Crippen LogP contribution in [0.15, 0.2) is 24.3 Å². The number of rotatable bonds is 6. The van der Waals surface area contributed by atoms with Crippen molar-refractivity contribution in [1.82, 2.24) is 10.3 Å². The molecular weight excluding hydrogens is 424 g/mol. The Morgan fingerprint density at radius 1 is 0.971 bits per heavy atom. The summed E-state index contributed by atoms with van der Waals surface area (Å²) in [6.45, 7) is 8.82. The third-order valence-electron chi connectivity index (χ3n) is 7.28. The van der Waals surface area contributed by atoms with E-state index in [1.165, 1.54) is 32.1 Å². The van der Waals surface area contributed by atoms with Gasteiger partial charge in [-0.2, -0.15) is 0 Å². The van der Waals surface area contributed by atoms with Gasteiger partial charge in [-0.05, 0) is 67.9 Å². The number of fused-ring (bicyclic) bond motifs is 1. The normalized spacial score (nSPS) is 21.8. The molecule has 6 heteroatoms. The molecular formula is C28H40N4O2. The Balaban J connectivity index is 1.34. The Labute approximate surface area is 203 Å². The van der Waals surface area contributed by atoms with Gasteiger partial charge in [-0.25, -0.2) is 4.98 Å². The average Bonchev–Trinajstić information content (AvgIpc) is 3.06. The summed E-state index contributed by atoms with van der Waals surface area (Å²) in [6, 6.07) is 8.32. The molecule has 2 aliphatic rings. The highest BCUT2D eigenvalue weighted by Crippen LogP contribution is 2.29. The largest absolute Gasteiger partial charge is 0.356 e. The molecule has 1 aliphatic carbocycles. The highest BCUT2D eigenvalue weighted by molar-refractivity contribution is 5.96. The Kier molecular flexibility index (Phi) is 8.07. The standard InChI is InChI=1S/C28H40N4O2/c1-19-14-20(2)18-32(17-19)26-15-21(3)24-16-23(10-11-25(24)31-26)30-28(34)13-12-27(33)29-22-8-6-4-5-7-9-22/h10-11,15-16,19-20,22H,4-9,12-14,17-18H2,1-3H3,(H,29,33)(H,30,34)/t19-,20-/m0/s1. The van der Waals surface area contributed by atoms with Crippen molar-refractivity contribution in [3.8, 4) is 0 Å². The minimum absolute atomic E-state index is 0.0190. The van der Waals surface area contributed by atoms with Gasteiger partial charge in [-0.3, -0.25) is 9.59 Å². The summed E-state index contributed by atoms with van der Waals surface area (Å²) in [5.74, 6) is 2.24. The van der Waals surface area contributed by atoms with E-state index < -0.39 is 0 Å². The first-order valence-corrected chi connectivity index (χ1v) is 13.1. The van der Waals surface area contributed by atoms with Crippen molar-refractivity contribution in [2.45, 2.75) is 84.6 Å². The molecule has 2 heterocycles. The van der Waals surface area contributed by atoms with Gasteiger partial charge in [0, 0.05) is 43.0 Å². The van der Waals surface area contributed by atoms with E-state index >= 15 is 0 Å². The molecule has 34 heavy (non-hydrogen) atoms. The lowest BCUT2D eigenvalue weighted by molar-refractivity contribution is -0.124. The van der Waals surface area contributed by atoms with Gasteiger partial charge < -0.3 is 15.5 Å². The summed E-state index contributed by atoms with van der Waals surface area (Å²) >= 11 is 0. The first-order valence-electron chi connectivity index (χ1n) is 13.1. The van der Waals surface area contributed by atoms with Crippen LogP contribution in [0.3, 0.4) is 0 Å². The van der Waals surface area contributed by atoms with Crippen LogP contribution in [0.25, 0.3) is 10.9 Å². The van der Waals surface area contributed by atoms with E-state index in [9.17, 15) is 9.59 Å². The fourth-order valence-electron chi connectivity index (χ4n) is 5.64. The highest BCUT2D eigenvalue weighted by atomic mass is 16.2. The first-order chi connectivity index (χ1) is 16.4. The topological polar surface area (TPSA) is 74.3 Å². The number of nitrogens with one attached hydrogen (secondary N) is 2. The van der Waals surface area contributed by atoms with Gasteiger partial charge in [0.15, 0.2) is 0 Å². The molecule has 0 spiro atoms. The van der Waals surface area contributed by atoms with Crippen LogP contribution in [0.4, 0.5) is 11.5 Å². The summed E-state index contributed by atoms with van der Waals surface area (Å²) < 4.78 is 0. The lowest BCUT2D eigenvalue weighted by Gasteiger charge is -2.36. The van der Waals surface area contributed by atoms with Crippen molar-refractivity contribution < 1.29 is 9.59 Å². The maximum absolute atomic E-state index is 12.5. The first kappa shape index (κ1) is 24.5. The lowest BCUT2D eigenvalue weighted by atomic mass is 9.92. The maximum atomic E-state index is 12.5. The third-order valence-corrected chi connectivity index (χ3v) is 7.28. The molecule has 2 atom stereocenters. The molecule has 0 bridgehead atoms. The number of hydrogen-bond donors (Lipinski definition) is 2. The molecule has 6 nitrogen and oxygen atoms in total. The van der Waals surface area contributed by atoms with Crippen LogP contribution in [-0.4, -0.2) is 35.9 Å². The van der Waals surface area contributed by atoms with Crippen LogP contribution in [0.1, 0.15) is 77.2 Å². The molecule has 1 saturated heterocycles. The predicted octanol–water partition coefficient (Wildman–Crippen LogP) is 5.58. The minimum Gasteiger partial charge on any atom is -0.356 e.